The summed E-state index contributed by atoms with van der Waals surface area (Å²) in [5.41, 5.74) is 1.21. The van der Waals surface area contributed by atoms with Gasteiger partial charge in [-0.05, 0) is 43.7 Å². The molecule has 0 aromatic carbocycles. The first kappa shape index (κ1) is 14.6. The van der Waals surface area contributed by atoms with Crippen LogP contribution < -0.4 is 5.32 Å². The fourth-order valence-electron chi connectivity index (χ4n) is 3.31. The number of piperidine rings is 1. The van der Waals surface area contributed by atoms with Crippen LogP contribution in [0.5, 0.6) is 0 Å². The van der Waals surface area contributed by atoms with Crippen LogP contribution in [0.4, 0.5) is 0 Å². The van der Waals surface area contributed by atoms with Crippen LogP contribution >= 0.6 is 0 Å². The number of carbonyl (C=O) groups excluding carboxylic acids is 1. The Morgan fingerprint density at radius 1 is 1.43 bits per heavy atom. The molecule has 4 nitrogen and oxygen atoms in total. The number of hydrogen-bond donors (Lipinski definition) is 1. The van der Waals surface area contributed by atoms with Gasteiger partial charge in [0.05, 0.1) is 12.8 Å². The van der Waals surface area contributed by atoms with E-state index in [1.807, 2.05) is 6.07 Å². The van der Waals surface area contributed by atoms with Gasteiger partial charge in [0.2, 0.25) is 5.91 Å². The lowest BCUT2D eigenvalue weighted by molar-refractivity contribution is -0.134. The van der Waals surface area contributed by atoms with Gasteiger partial charge in [-0.1, -0.05) is 13.3 Å². The minimum Gasteiger partial charge on any atom is -0.468 e. The molecule has 21 heavy (non-hydrogen) atoms. The van der Waals surface area contributed by atoms with Crippen LogP contribution in [-0.2, 0) is 11.3 Å². The van der Waals surface area contributed by atoms with E-state index < -0.39 is 0 Å². The van der Waals surface area contributed by atoms with Crippen molar-refractivity contribution in [1.29, 1.82) is 0 Å². The van der Waals surface area contributed by atoms with E-state index in [0.717, 1.165) is 51.1 Å². The molecule has 0 spiro atoms. The molecule has 1 aromatic heterocycles. The fraction of sp³-hybridized carbons (Fsp3) is 0.706. The monoisotopic (exact) mass is 290 g/mol. The van der Waals surface area contributed by atoms with Crippen molar-refractivity contribution in [2.24, 2.45) is 11.8 Å². The Balaban J connectivity index is 1.54. The van der Waals surface area contributed by atoms with Crippen molar-refractivity contribution in [2.45, 2.75) is 52.1 Å². The molecule has 1 saturated carbocycles. The Labute approximate surface area is 126 Å². The zero-order chi connectivity index (χ0) is 14.8. The van der Waals surface area contributed by atoms with Gasteiger partial charge in [-0.3, -0.25) is 4.79 Å². The van der Waals surface area contributed by atoms with Crippen molar-refractivity contribution in [1.82, 2.24) is 10.2 Å². The van der Waals surface area contributed by atoms with Crippen LogP contribution in [-0.4, -0.2) is 29.9 Å². The number of nitrogens with one attached hydrogen (secondary N) is 1. The summed E-state index contributed by atoms with van der Waals surface area (Å²) in [6.45, 7) is 6.91. The smallest absolute Gasteiger partial charge is 0.225 e. The van der Waals surface area contributed by atoms with E-state index in [1.165, 1.54) is 5.56 Å². The number of hydrogen-bond acceptors (Lipinski definition) is 3. The Kier molecular flexibility index (Phi) is 4.34. The van der Waals surface area contributed by atoms with Crippen molar-refractivity contribution >= 4 is 5.91 Å². The number of likely N-dealkylation sites (tertiary alicyclic amines) is 1. The van der Waals surface area contributed by atoms with E-state index in [4.69, 9.17) is 4.42 Å². The minimum atomic E-state index is 0.345. The summed E-state index contributed by atoms with van der Waals surface area (Å²) in [4.78, 5) is 14.3. The second kappa shape index (κ2) is 6.22. The molecule has 2 heterocycles. The third kappa shape index (κ3) is 3.31. The second-order valence-electron chi connectivity index (χ2n) is 6.53. The first-order valence-electron chi connectivity index (χ1n) is 8.24. The maximum Gasteiger partial charge on any atom is 0.225 e. The molecule has 2 aliphatic rings. The van der Waals surface area contributed by atoms with Crippen molar-refractivity contribution in [3.63, 3.8) is 0 Å². The van der Waals surface area contributed by atoms with Crippen LogP contribution in [0.3, 0.4) is 0 Å². The lowest BCUT2D eigenvalue weighted by Crippen LogP contribution is -2.51. The highest BCUT2D eigenvalue weighted by Gasteiger charge is 2.37. The minimum absolute atomic E-state index is 0.345. The molecule has 3 rings (SSSR count). The highest BCUT2D eigenvalue weighted by Crippen LogP contribution is 2.33. The van der Waals surface area contributed by atoms with Crippen LogP contribution in [0, 0.1) is 18.8 Å². The van der Waals surface area contributed by atoms with E-state index in [9.17, 15) is 4.79 Å². The molecule has 2 fully saturated rings. The van der Waals surface area contributed by atoms with Crippen molar-refractivity contribution < 1.29 is 9.21 Å². The summed E-state index contributed by atoms with van der Waals surface area (Å²) in [7, 11) is 0. The Morgan fingerprint density at radius 3 is 2.86 bits per heavy atom. The molecule has 1 aliphatic heterocycles. The van der Waals surface area contributed by atoms with E-state index in [0.29, 0.717) is 23.8 Å². The Morgan fingerprint density at radius 2 is 2.24 bits per heavy atom. The molecule has 1 saturated heterocycles. The molecular formula is C17H26N2O2. The molecule has 0 radical (unpaired) electrons. The summed E-state index contributed by atoms with van der Waals surface area (Å²) in [6.07, 6.45) is 6.12. The largest absolute Gasteiger partial charge is 0.468 e. The van der Waals surface area contributed by atoms with E-state index in [1.54, 1.807) is 6.26 Å². The lowest BCUT2D eigenvalue weighted by atomic mass is 9.89. The number of nitrogens with zero attached hydrogens (tertiary/aromatic N) is 1. The standard InChI is InChI=1S/C17H26N2O2/c1-3-13-11-19(17(20)14-4-5-14)8-6-15(13)18-10-16-12(2)7-9-21-16/h7,9,13-15,18H,3-6,8,10-11H2,1-2H3/t13-,15+/m0/s1. The SMILES string of the molecule is CC[C@H]1CN(C(=O)C2CC2)CC[C@H]1NCc1occc1C. The van der Waals surface area contributed by atoms with Crippen molar-refractivity contribution in [3.8, 4) is 0 Å². The van der Waals surface area contributed by atoms with E-state index in [2.05, 4.69) is 24.1 Å². The predicted octanol–water partition coefficient (Wildman–Crippen LogP) is 2.71. The van der Waals surface area contributed by atoms with Crippen LogP contribution in [0.1, 0.15) is 43.9 Å². The summed E-state index contributed by atoms with van der Waals surface area (Å²) in [6, 6.07) is 2.49. The number of furan rings is 1. The molecular weight excluding hydrogens is 264 g/mol. The highest BCUT2D eigenvalue weighted by atomic mass is 16.3. The molecule has 4 heteroatoms. The van der Waals surface area contributed by atoms with Gasteiger partial charge in [-0.2, -0.15) is 0 Å². The normalized spacial score (nSPS) is 26.1. The highest BCUT2D eigenvalue weighted by molar-refractivity contribution is 5.81. The molecule has 116 valence electrons. The van der Waals surface area contributed by atoms with Crippen molar-refractivity contribution in [3.05, 3.63) is 23.7 Å². The summed E-state index contributed by atoms with van der Waals surface area (Å²) in [5.74, 6) is 2.32. The molecule has 0 unspecified atom stereocenters. The zero-order valence-electron chi connectivity index (χ0n) is 13.1. The third-order valence-electron chi connectivity index (χ3n) is 4.99. The quantitative estimate of drug-likeness (QED) is 0.907. The molecule has 2 atom stereocenters. The van der Waals surface area contributed by atoms with Gasteiger partial charge in [0.15, 0.2) is 0 Å². The number of rotatable bonds is 5. The summed E-state index contributed by atoms with van der Waals surface area (Å²) in [5, 5.41) is 3.64. The average Bonchev–Trinajstić information content (AvgIpc) is 3.27. The van der Waals surface area contributed by atoms with Crippen molar-refractivity contribution in [2.75, 3.05) is 13.1 Å². The maximum atomic E-state index is 12.2. The van der Waals surface area contributed by atoms with Crippen LogP contribution in [0.15, 0.2) is 16.7 Å². The molecule has 1 aliphatic carbocycles. The van der Waals surface area contributed by atoms with Gasteiger partial charge in [0.25, 0.3) is 0 Å². The number of aryl methyl sites for hydroxylation is 1. The van der Waals surface area contributed by atoms with E-state index in [-0.39, 0.29) is 0 Å². The molecule has 1 N–H and O–H groups in total. The number of carbonyl (C=O) groups is 1. The Hall–Kier alpha value is -1.29. The third-order valence-corrected chi connectivity index (χ3v) is 4.99. The summed E-state index contributed by atoms with van der Waals surface area (Å²) >= 11 is 0. The lowest BCUT2D eigenvalue weighted by Gasteiger charge is -2.39. The van der Waals surface area contributed by atoms with Gasteiger partial charge in [-0.15, -0.1) is 0 Å². The first-order chi connectivity index (χ1) is 10.2. The maximum absolute atomic E-state index is 12.2. The Bertz CT molecular complexity index is 493. The van der Waals surface area contributed by atoms with Gasteiger partial charge in [-0.25, -0.2) is 0 Å². The van der Waals surface area contributed by atoms with E-state index >= 15 is 0 Å². The van der Waals surface area contributed by atoms with Gasteiger partial charge in [0, 0.05) is 25.0 Å². The van der Waals surface area contributed by atoms with Crippen LogP contribution in [0.25, 0.3) is 0 Å². The van der Waals surface area contributed by atoms with Gasteiger partial charge in [0.1, 0.15) is 5.76 Å². The van der Waals surface area contributed by atoms with Gasteiger partial charge >= 0.3 is 0 Å². The topological polar surface area (TPSA) is 45.5 Å². The average molecular weight is 290 g/mol. The first-order valence-corrected chi connectivity index (χ1v) is 8.24. The second-order valence-corrected chi connectivity index (χ2v) is 6.53. The summed E-state index contributed by atoms with van der Waals surface area (Å²) < 4.78 is 5.50. The number of amides is 1. The molecule has 0 bridgehead atoms. The zero-order valence-corrected chi connectivity index (χ0v) is 13.1. The molecule has 1 amide bonds. The van der Waals surface area contributed by atoms with Crippen LogP contribution in [0.2, 0.25) is 0 Å². The molecule has 1 aromatic rings. The fourth-order valence-corrected chi connectivity index (χ4v) is 3.31. The predicted molar refractivity (Wildman–Crippen MR) is 81.8 cm³/mol. The van der Waals surface area contributed by atoms with Gasteiger partial charge < -0.3 is 14.6 Å².